The third-order valence-corrected chi connectivity index (χ3v) is 4.93. The van der Waals surface area contributed by atoms with Crippen molar-refractivity contribution in [1.82, 2.24) is 15.2 Å². The Bertz CT molecular complexity index is 903. The molecular formula is C22H29N9. The molecule has 31 heavy (non-hydrogen) atoms. The average molecular weight is 420 g/mol. The summed E-state index contributed by atoms with van der Waals surface area (Å²) >= 11 is 0. The summed E-state index contributed by atoms with van der Waals surface area (Å²) in [7, 11) is 0. The Labute approximate surface area is 182 Å². The molecule has 0 aliphatic rings. The molecule has 3 rings (SSSR count). The Kier molecular flexibility index (Phi) is 7.80. The van der Waals surface area contributed by atoms with E-state index in [4.69, 9.17) is 0 Å². The first-order chi connectivity index (χ1) is 15.2. The van der Waals surface area contributed by atoms with Crippen LogP contribution in [0.3, 0.4) is 0 Å². The molecule has 0 saturated heterocycles. The maximum absolute atomic E-state index is 4.20. The second-order valence-electron chi connectivity index (χ2n) is 6.74. The molecule has 3 aromatic rings. The molecule has 1 N–H and O–H groups in total. The third kappa shape index (κ3) is 5.94. The number of hydrogen-bond acceptors (Lipinski definition) is 8. The minimum atomic E-state index is 0.207. The third-order valence-electron chi connectivity index (χ3n) is 4.93. The molecule has 9 nitrogen and oxygen atoms in total. The van der Waals surface area contributed by atoms with E-state index in [2.05, 4.69) is 73.1 Å². The van der Waals surface area contributed by atoms with Crippen LogP contribution < -0.4 is 9.80 Å². The zero-order valence-electron chi connectivity index (χ0n) is 18.5. The van der Waals surface area contributed by atoms with E-state index in [9.17, 15) is 0 Å². The summed E-state index contributed by atoms with van der Waals surface area (Å²) < 4.78 is 0. The first-order valence-corrected chi connectivity index (χ1v) is 10.6. The smallest absolute Gasteiger partial charge is 0.289 e. The highest BCUT2D eigenvalue weighted by Gasteiger charge is 2.04. The maximum Gasteiger partial charge on any atom is 0.289 e. The number of nitrogens with one attached hydrogen (secondary N) is 1. The zero-order chi connectivity index (χ0) is 22.1. The highest BCUT2D eigenvalue weighted by molar-refractivity contribution is 5.53. The molecule has 0 aliphatic carbocycles. The molecule has 1 aromatic heterocycles. The van der Waals surface area contributed by atoms with Crippen molar-refractivity contribution < 1.29 is 0 Å². The zero-order valence-corrected chi connectivity index (χ0v) is 18.5. The normalized spacial score (nSPS) is 11.5. The van der Waals surface area contributed by atoms with E-state index in [1.807, 2.05) is 48.5 Å². The van der Waals surface area contributed by atoms with E-state index in [1.165, 1.54) is 0 Å². The largest absolute Gasteiger partial charge is 0.372 e. The van der Waals surface area contributed by atoms with Gasteiger partial charge in [0.25, 0.3) is 11.9 Å². The molecule has 0 radical (unpaired) electrons. The highest BCUT2D eigenvalue weighted by atomic mass is 15.4. The topological polar surface area (TPSA) is 97.5 Å². The standard InChI is InChI=1S/C22H29N9/c1-5-30(6-2)19-13-9-17(10-14-19)24-26-21-23-22(29-28-21)27-25-18-11-15-20(16-12-18)31(7-3)8-4/h9-16H,5-8H2,1-4H3,(H,23,28,29). The maximum atomic E-state index is 4.20. The van der Waals surface area contributed by atoms with Gasteiger partial charge in [0.15, 0.2) is 0 Å². The van der Waals surface area contributed by atoms with Gasteiger partial charge in [-0.3, -0.25) is 0 Å². The molecular weight excluding hydrogens is 390 g/mol. The van der Waals surface area contributed by atoms with Gasteiger partial charge in [-0.1, -0.05) is 0 Å². The molecule has 1 heterocycles. The molecule has 0 bridgehead atoms. The summed E-state index contributed by atoms with van der Waals surface area (Å²) in [4.78, 5) is 8.72. The highest BCUT2D eigenvalue weighted by Crippen LogP contribution is 2.23. The van der Waals surface area contributed by atoms with Gasteiger partial charge in [0.1, 0.15) is 0 Å². The van der Waals surface area contributed by atoms with Crippen molar-refractivity contribution in [3.05, 3.63) is 48.5 Å². The van der Waals surface area contributed by atoms with Crippen LogP contribution in [0.2, 0.25) is 0 Å². The van der Waals surface area contributed by atoms with E-state index in [-0.39, 0.29) is 11.9 Å². The number of hydrogen-bond donors (Lipinski definition) is 1. The molecule has 0 saturated carbocycles. The van der Waals surface area contributed by atoms with Gasteiger partial charge in [-0.05, 0) is 76.2 Å². The molecule has 0 amide bonds. The van der Waals surface area contributed by atoms with Crippen LogP contribution in [-0.4, -0.2) is 41.4 Å². The first-order valence-electron chi connectivity index (χ1n) is 10.6. The lowest BCUT2D eigenvalue weighted by atomic mass is 10.2. The predicted octanol–water partition coefficient (Wildman–Crippen LogP) is 6.33. The van der Waals surface area contributed by atoms with Crippen molar-refractivity contribution in [3.63, 3.8) is 0 Å². The van der Waals surface area contributed by atoms with Gasteiger partial charge in [0, 0.05) is 37.6 Å². The Morgan fingerprint density at radius 1 is 0.645 bits per heavy atom. The lowest BCUT2D eigenvalue weighted by molar-refractivity contribution is 0.866. The van der Waals surface area contributed by atoms with Gasteiger partial charge in [0.2, 0.25) is 0 Å². The van der Waals surface area contributed by atoms with Gasteiger partial charge in [-0.25, -0.2) is 5.10 Å². The summed E-state index contributed by atoms with van der Waals surface area (Å²) in [6.07, 6.45) is 0. The van der Waals surface area contributed by atoms with Crippen molar-refractivity contribution in [2.45, 2.75) is 27.7 Å². The second kappa shape index (κ2) is 11.0. The molecule has 162 valence electrons. The van der Waals surface area contributed by atoms with Crippen LogP contribution in [0.25, 0.3) is 0 Å². The number of azo groups is 2. The van der Waals surface area contributed by atoms with Crippen molar-refractivity contribution >= 4 is 34.6 Å². The summed E-state index contributed by atoms with van der Waals surface area (Å²) in [6.45, 7) is 12.4. The minimum absolute atomic E-state index is 0.207. The summed E-state index contributed by atoms with van der Waals surface area (Å²) in [5.41, 5.74) is 3.80. The molecule has 0 fully saturated rings. The molecule has 0 unspecified atom stereocenters. The van der Waals surface area contributed by atoms with E-state index >= 15 is 0 Å². The van der Waals surface area contributed by atoms with Crippen LogP contribution in [0.5, 0.6) is 0 Å². The van der Waals surface area contributed by atoms with Gasteiger partial charge in [-0.2, -0.15) is 4.98 Å². The quantitative estimate of drug-likeness (QED) is 0.388. The van der Waals surface area contributed by atoms with Crippen molar-refractivity contribution in [2.75, 3.05) is 36.0 Å². The van der Waals surface area contributed by atoms with Gasteiger partial charge in [0.05, 0.1) is 11.4 Å². The molecule has 9 heteroatoms. The first kappa shape index (κ1) is 22.1. The van der Waals surface area contributed by atoms with Gasteiger partial charge < -0.3 is 9.80 Å². The minimum Gasteiger partial charge on any atom is -0.372 e. The van der Waals surface area contributed by atoms with Crippen LogP contribution in [0.15, 0.2) is 69.0 Å². The lowest BCUT2D eigenvalue weighted by Crippen LogP contribution is -2.21. The monoisotopic (exact) mass is 419 g/mol. The summed E-state index contributed by atoms with van der Waals surface area (Å²) in [5.74, 6) is 0.484. The summed E-state index contributed by atoms with van der Waals surface area (Å²) in [5, 5.41) is 23.3. The SMILES string of the molecule is CCN(CC)c1ccc(N=Nc2n[nH]c(N=Nc3ccc(N(CC)CC)cc3)n2)cc1. The Balaban J connectivity index is 1.61. The van der Waals surface area contributed by atoms with Crippen LogP contribution in [0.4, 0.5) is 34.6 Å². The fourth-order valence-electron chi connectivity index (χ4n) is 3.18. The number of anilines is 2. The summed E-state index contributed by atoms with van der Waals surface area (Å²) in [6, 6.07) is 15.8. The van der Waals surface area contributed by atoms with E-state index in [0.29, 0.717) is 0 Å². The number of rotatable bonds is 10. The fourth-order valence-corrected chi connectivity index (χ4v) is 3.18. The van der Waals surface area contributed by atoms with Crippen LogP contribution >= 0.6 is 0 Å². The lowest BCUT2D eigenvalue weighted by Gasteiger charge is -2.20. The molecule has 0 aliphatic heterocycles. The van der Waals surface area contributed by atoms with Crippen molar-refractivity contribution in [3.8, 4) is 0 Å². The van der Waals surface area contributed by atoms with E-state index in [0.717, 1.165) is 48.9 Å². The van der Waals surface area contributed by atoms with E-state index in [1.54, 1.807) is 0 Å². The molecule has 0 atom stereocenters. The Morgan fingerprint density at radius 3 is 1.55 bits per heavy atom. The number of benzene rings is 2. The van der Waals surface area contributed by atoms with Crippen LogP contribution in [0, 0.1) is 0 Å². The van der Waals surface area contributed by atoms with Crippen LogP contribution in [0.1, 0.15) is 27.7 Å². The Hall–Kier alpha value is -3.62. The van der Waals surface area contributed by atoms with Crippen molar-refractivity contribution in [2.24, 2.45) is 20.5 Å². The van der Waals surface area contributed by atoms with Crippen molar-refractivity contribution in [1.29, 1.82) is 0 Å². The van der Waals surface area contributed by atoms with Gasteiger partial charge >= 0.3 is 0 Å². The molecule has 2 aromatic carbocycles. The Morgan fingerprint density at radius 2 is 1.10 bits per heavy atom. The fraction of sp³-hybridized carbons (Fsp3) is 0.364. The second-order valence-corrected chi connectivity index (χ2v) is 6.74. The average Bonchev–Trinajstić information content (AvgIpc) is 3.27. The molecule has 0 spiro atoms. The number of nitrogens with zero attached hydrogens (tertiary/aromatic N) is 8. The van der Waals surface area contributed by atoms with Crippen LogP contribution in [-0.2, 0) is 0 Å². The van der Waals surface area contributed by atoms with Gasteiger partial charge in [-0.15, -0.1) is 25.6 Å². The van der Waals surface area contributed by atoms with E-state index < -0.39 is 0 Å². The number of aromatic nitrogens is 3. The number of aromatic amines is 1. The predicted molar refractivity (Wildman–Crippen MR) is 125 cm³/mol. The number of H-pyrrole nitrogens is 1.